The average Bonchev–Trinajstić information content (AvgIpc) is 3.17. The summed E-state index contributed by atoms with van der Waals surface area (Å²) in [5.74, 6) is -2.19. The Labute approximate surface area is 224 Å². The maximum atomic E-state index is 14.7. The molecular weight excluding hydrogens is 494 g/mol. The summed E-state index contributed by atoms with van der Waals surface area (Å²) in [4.78, 5) is 16.0. The van der Waals surface area contributed by atoms with Crippen molar-refractivity contribution in [3.8, 4) is 0 Å². The number of allylic oxidation sites excluding steroid dienone is 1. The topological polar surface area (TPSA) is 47.6 Å². The lowest BCUT2D eigenvalue weighted by atomic mass is 10.1. The van der Waals surface area contributed by atoms with Gasteiger partial charge in [-0.25, -0.2) is 8.78 Å². The Hall–Kier alpha value is -3.32. The minimum atomic E-state index is -1.08. The first kappa shape index (κ1) is 29.9. The fourth-order valence-corrected chi connectivity index (χ4v) is 4.05. The number of carbonyl (C=O) groups excluding carboxylic acids is 1. The summed E-state index contributed by atoms with van der Waals surface area (Å²) in [6.45, 7) is 14.8. The van der Waals surface area contributed by atoms with E-state index in [0.29, 0.717) is 23.5 Å². The molecule has 2 aromatic carbocycles. The summed E-state index contributed by atoms with van der Waals surface area (Å²) >= 11 is 5.73. The lowest BCUT2D eigenvalue weighted by Gasteiger charge is -2.32. The number of rotatable bonds is 8. The van der Waals surface area contributed by atoms with E-state index in [1.807, 2.05) is 50.9 Å². The van der Waals surface area contributed by atoms with Gasteiger partial charge in [-0.2, -0.15) is 0 Å². The molecule has 1 amide bonds. The predicted molar refractivity (Wildman–Crippen MR) is 150 cm³/mol. The van der Waals surface area contributed by atoms with Crippen LogP contribution >= 0.6 is 11.6 Å². The highest BCUT2D eigenvalue weighted by Gasteiger charge is 2.33. The van der Waals surface area contributed by atoms with E-state index in [9.17, 15) is 13.6 Å². The van der Waals surface area contributed by atoms with E-state index < -0.39 is 17.8 Å². The van der Waals surface area contributed by atoms with E-state index in [2.05, 4.69) is 31.1 Å². The Morgan fingerprint density at radius 2 is 1.84 bits per heavy atom. The first-order chi connectivity index (χ1) is 17.6. The molecule has 0 aliphatic carbocycles. The number of nitrogens with zero attached hydrogens (tertiary/aromatic N) is 2. The molecule has 0 bridgehead atoms. The SMILES string of the molecule is C=C(Nc1ccc(C(=O)NCCC)c(C)c1)C1N(C)C=C(c2ccc(Cl)c(F)c2F)N1/C=C\C.CCC. The van der Waals surface area contributed by atoms with Crippen molar-refractivity contribution in [1.82, 2.24) is 15.1 Å². The van der Waals surface area contributed by atoms with Crippen LogP contribution in [0.1, 0.15) is 62.0 Å². The second kappa shape index (κ2) is 13.8. The van der Waals surface area contributed by atoms with E-state index in [-0.39, 0.29) is 16.5 Å². The molecule has 0 saturated carbocycles. The third-order valence-electron chi connectivity index (χ3n) is 5.50. The van der Waals surface area contributed by atoms with E-state index in [1.54, 1.807) is 23.4 Å². The van der Waals surface area contributed by atoms with E-state index >= 15 is 0 Å². The molecule has 0 aromatic heterocycles. The number of likely N-dealkylation sites (N-methyl/N-ethyl adjacent to an activating group) is 1. The molecule has 5 nitrogen and oxygen atoms in total. The van der Waals surface area contributed by atoms with Crippen molar-refractivity contribution in [2.45, 2.75) is 53.6 Å². The maximum Gasteiger partial charge on any atom is 0.251 e. The van der Waals surface area contributed by atoms with Gasteiger partial charge in [0.25, 0.3) is 5.91 Å². The first-order valence-corrected chi connectivity index (χ1v) is 12.8. The number of halogens is 3. The zero-order valence-corrected chi connectivity index (χ0v) is 23.2. The zero-order valence-electron chi connectivity index (χ0n) is 22.5. The molecule has 0 spiro atoms. The molecular formula is C29H37ClF2N4O. The van der Waals surface area contributed by atoms with E-state index in [4.69, 9.17) is 11.6 Å². The number of carbonyl (C=O) groups is 1. The molecule has 1 aliphatic rings. The molecule has 1 atom stereocenters. The third kappa shape index (κ3) is 7.13. The van der Waals surface area contributed by atoms with Gasteiger partial charge in [0, 0.05) is 42.8 Å². The van der Waals surface area contributed by atoms with Gasteiger partial charge < -0.3 is 20.4 Å². The fraction of sp³-hybridized carbons (Fsp3) is 0.345. The average molecular weight is 531 g/mol. The molecule has 2 N–H and O–H groups in total. The minimum Gasteiger partial charge on any atom is -0.356 e. The smallest absolute Gasteiger partial charge is 0.251 e. The van der Waals surface area contributed by atoms with Crippen molar-refractivity contribution in [3.05, 3.63) is 94.4 Å². The van der Waals surface area contributed by atoms with Crippen LogP contribution in [0.3, 0.4) is 0 Å². The number of benzene rings is 2. The standard InChI is InChI=1S/C26H29ClF2N4O.C3H8/c1-6-12-30-25(34)19-9-8-18(14-16(19)3)31-17(4)26-32(5)15-22(33(26)13-7-2)20-10-11-21(27)24(29)23(20)28;1-3-2/h7-11,13-15,26,31H,4,6,12H2,1-3,5H3,(H,30,34);3H2,1-2H3/b13-7-;. The Morgan fingerprint density at radius 3 is 2.43 bits per heavy atom. The summed E-state index contributed by atoms with van der Waals surface area (Å²) in [5.41, 5.74) is 3.39. The second-order valence-corrected chi connectivity index (χ2v) is 9.22. The molecule has 0 fully saturated rings. The molecule has 8 heteroatoms. The van der Waals surface area contributed by atoms with Crippen molar-refractivity contribution < 1.29 is 13.6 Å². The molecule has 200 valence electrons. The number of amides is 1. The van der Waals surface area contributed by atoms with Crippen LogP contribution in [0.25, 0.3) is 5.70 Å². The van der Waals surface area contributed by atoms with Crippen LogP contribution in [-0.4, -0.2) is 35.5 Å². The van der Waals surface area contributed by atoms with Crippen molar-refractivity contribution in [3.63, 3.8) is 0 Å². The molecule has 37 heavy (non-hydrogen) atoms. The summed E-state index contributed by atoms with van der Waals surface area (Å²) in [6.07, 6.45) is 7.04. The van der Waals surface area contributed by atoms with Crippen molar-refractivity contribution >= 4 is 28.9 Å². The predicted octanol–water partition coefficient (Wildman–Crippen LogP) is 7.51. The fourth-order valence-electron chi connectivity index (χ4n) is 3.91. The summed E-state index contributed by atoms with van der Waals surface area (Å²) < 4.78 is 28.9. The molecule has 1 heterocycles. The lowest BCUT2D eigenvalue weighted by Crippen LogP contribution is -2.38. The van der Waals surface area contributed by atoms with Crippen molar-refractivity contribution in [2.75, 3.05) is 18.9 Å². The van der Waals surface area contributed by atoms with Crippen LogP contribution in [0.4, 0.5) is 14.5 Å². The van der Waals surface area contributed by atoms with Gasteiger partial charge in [0.1, 0.15) is 6.17 Å². The van der Waals surface area contributed by atoms with Gasteiger partial charge >= 0.3 is 0 Å². The minimum absolute atomic E-state index is 0.0976. The van der Waals surface area contributed by atoms with Gasteiger partial charge in [0.15, 0.2) is 11.6 Å². The monoisotopic (exact) mass is 530 g/mol. The van der Waals surface area contributed by atoms with Gasteiger partial charge in [-0.3, -0.25) is 4.79 Å². The normalized spacial score (nSPS) is 14.8. The molecule has 1 unspecified atom stereocenters. The number of nitrogens with one attached hydrogen (secondary N) is 2. The van der Waals surface area contributed by atoms with Gasteiger partial charge in [0.05, 0.1) is 16.4 Å². The van der Waals surface area contributed by atoms with Crippen LogP contribution < -0.4 is 10.6 Å². The van der Waals surface area contributed by atoms with Gasteiger partial charge in [0.2, 0.25) is 0 Å². The summed E-state index contributed by atoms with van der Waals surface area (Å²) in [5, 5.41) is 5.91. The maximum absolute atomic E-state index is 14.7. The summed E-state index contributed by atoms with van der Waals surface area (Å²) in [6, 6.07) is 8.26. The number of anilines is 1. The van der Waals surface area contributed by atoms with Crippen molar-refractivity contribution in [1.29, 1.82) is 0 Å². The van der Waals surface area contributed by atoms with Gasteiger partial charge in [-0.05, 0) is 56.2 Å². The zero-order chi connectivity index (χ0) is 27.7. The largest absolute Gasteiger partial charge is 0.356 e. The van der Waals surface area contributed by atoms with Gasteiger partial charge in [-0.1, -0.05) is 51.4 Å². The number of aryl methyl sites for hydroxylation is 1. The highest BCUT2D eigenvalue weighted by molar-refractivity contribution is 6.30. The Kier molecular flexibility index (Phi) is 11.2. The number of hydrogen-bond acceptors (Lipinski definition) is 4. The van der Waals surface area contributed by atoms with E-state index in [0.717, 1.165) is 17.7 Å². The van der Waals surface area contributed by atoms with Crippen LogP contribution in [0.2, 0.25) is 5.02 Å². The highest BCUT2D eigenvalue weighted by atomic mass is 35.5. The number of hydrogen-bond donors (Lipinski definition) is 2. The second-order valence-electron chi connectivity index (χ2n) is 8.81. The molecule has 2 aromatic rings. The Balaban J connectivity index is 0.00000153. The quantitative estimate of drug-likeness (QED) is 0.347. The first-order valence-electron chi connectivity index (χ1n) is 12.4. The third-order valence-corrected chi connectivity index (χ3v) is 5.79. The molecule has 1 aliphatic heterocycles. The molecule has 0 saturated heterocycles. The molecule has 3 rings (SSSR count). The van der Waals surface area contributed by atoms with Crippen LogP contribution in [0.5, 0.6) is 0 Å². The lowest BCUT2D eigenvalue weighted by molar-refractivity contribution is 0.0953. The van der Waals surface area contributed by atoms with Gasteiger partial charge in [-0.15, -0.1) is 0 Å². The van der Waals surface area contributed by atoms with Crippen molar-refractivity contribution in [2.24, 2.45) is 0 Å². The highest BCUT2D eigenvalue weighted by Crippen LogP contribution is 2.36. The Morgan fingerprint density at radius 1 is 1.16 bits per heavy atom. The molecule has 0 radical (unpaired) electrons. The Bertz CT molecular complexity index is 1180. The van der Waals surface area contributed by atoms with E-state index in [1.165, 1.54) is 18.6 Å². The summed E-state index contributed by atoms with van der Waals surface area (Å²) in [7, 11) is 1.83. The van der Waals surface area contributed by atoms with Crippen LogP contribution in [0, 0.1) is 18.6 Å². The van der Waals surface area contributed by atoms with Crippen LogP contribution in [0.15, 0.2) is 61.1 Å². The van der Waals surface area contributed by atoms with Crippen LogP contribution in [-0.2, 0) is 0 Å².